The Hall–Kier alpha value is -0.820. The van der Waals surface area contributed by atoms with E-state index in [1.165, 1.54) is 31.2 Å². The SMILES string of the molecule is c1cc2c(cc1CC1CO1)CCCC2. The van der Waals surface area contributed by atoms with Crippen LogP contribution in [0.3, 0.4) is 0 Å². The highest BCUT2D eigenvalue weighted by molar-refractivity contribution is 5.34. The van der Waals surface area contributed by atoms with Gasteiger partial charge in [-0.05, 0) is 42.4 Å². The second-order valence-electron chi connectivity index (χ2n) is 4.47. The van der Waals surface area contributed by atoms with Crippen LogP contribution in [0, 0.1) is 0 Å². The van der Waals surface area contributed by atoms with Crippen LogP contribution >= 0.6 is 0 Å². The zero-order valence-corrected chi connectivity index (χ0v) is 8.46. The summed E-state index contributed by atoms with van der Waals surface area (Å²) in [6.45, 7) is 0.969. The Morgan fingerprint density at radius 2 is 1.93 bits per heavy atom. The molecule has 0 N–H and O–H groups in total. The molecule has 1 aliphatic carbocycles. The number of hydrogen-bond donors (Lipinski definition) is 0. The molecule has 0 radical (unpaired) electrons. The van der Waals surface area contributed by atoms with Crippen molar-refractivity contribution in [1.29, 1.82) is 0 Å². The van der Waals surface area contributed by atoms with E-state index in [9.17, 15) is 0 Å². The standard InChI is InChI=1S/C13H16O/c1-2-4-12-7-10(8-13-9-14-13)5-6-11(12)3-1/h5-7,13H,1-4,8-9H2. The number of aryl methyl sites for hydroxylation is 2. The molecule has 1 unspecified atom stereocenters. The summed E-state index contributed by atoms with van der Waals surface area (Å²) in [7, 11) is 0. The fourth-order valence-corrected chi connectivity index (χ4v) is 2.36. The molecule has 1 nitrogen and oxygen atoms in total. The lowest BCUT2D eigenvalue weighted by Gasteiger charge is -2.16. The Labute approximate surface area is 85.1 Å². The minimum atomic E-state index is 0.525. The lowest BCUT2D eigenvalue weighted by molar-refractivity contribution is 0.407. The van der Waals surface area contributed by atoms with Gasteiger partial charge in [0.05, 0.1) is 12.7 Å². The Balaban J connectivity index is 1.84. The lowest BCUT2D eigenvalue weighted by Crippen LogP contribution is -2.04. The molecule has 0 aromatic heterocycles. The summed E-state index contributed by atoms with van der Waals surface area (Å²) in [5.41, 5.74) is 4.64. The van der Waals surface area contributed by atoms with Gasteiger partial charge in [0.2, 0.25) is 0 Å². The maximum absolute atomic E-state index is 5.26. The topological polar surface area (TPSA) is 12.5 Å². The molecule has 1 atom stereocenters. The number of ether oxygens (including phenoxy) is 1. The maximum atomic E-state index is 5.26. The molecule has 2 aliphatic rings. The summed E-state index contributed by atoms with van der Waals surface area (Å²) < 4.78 is 5.26. The zero-order valence-electron chi connectivity index (χ0n) is 8.46. The van der Waals surface area contributed by atoms with Gasteiger partial charge in [0.25, 0.3) is 0 Å². The van der Waals surface area contributed by atoms with Crippen LogP contribution in [-0.4, -0.2) is 12.7 Å². The molecule has 1 aromatic rings. The molecule has 1 saturated heterocycles. The van der Waals surface area contributed by atoms with E-state index in [4.69, 9.17) is 4.74 Å². The first-order valence-corrected chi connectivity index (χ1v) is 5.64. The lowest BCUT2D eigenvalue weighted by atomic mass is 9.90. The minimum Gasteiger partial charge on any atom is -0.373 e. The smallest absolute Gasteiger partial charge is 0.0850 e. The summed E-state index contributed by atoms with van der Waals surface area (Å²) >= 11 is 0. The van der Waals surface area contributed by atoms with Crippen LogP contribution in [0.1, 0.15) is 29.5 Å². The van der Waals surface area contributed by atoms with E-state index in [2.05, 4.69) is 18.2 Å². The third-order valence-corrected chi connectivity index (χ3v) is 3.28. The van der Waals surface area contributed by atoms with Crippen molar-refractivity contribution in [3.05, 3.63) is 34.9 Å². The molecule has 1 heteroatoms. The Morgan fingerprint density at radius 3 is 2.71 bits per heavy atom. The number of epoxide rings is 1. The molecule has 0 saturated carbocycles. The number of benzene rings is 1. The first-order valence-electron chi connectivity index (χ1n) is 5.64. The van der Waals surface area contributed by atoms with Crippen LogP contribution in [0.2, 0.25) is 0 Å². The van der Waals surface area contributed by atoms with Crippen LogP contribution in [0.15, 0.2) is 18.2 Å². The van der Waals surface area contributed by atoms with Crippen LogP contribution in [0.25, 0.3) is 0 Å². The van der Waals surface area contributed by atoms with Crippen LogP contribution in [0.5, 0.6) is 0 Å². The molecule has 74 valence electrons. The van der Waals surface area contributed by atoms with E-state index in [1.807, 2.05) is 0 Å². The molecule has 1 fully saturated rings. The minimum absolute atomic E-state index is 0.525. The fraction of sp³-hybridized carbons (Fsp3) is 0.538. The quantitative estimate of drug-likeness (QED) is 0.650. The molecule has 1 heterocycles. The van der Waals surface area contributed by atoms with Gasteiger partial charge in [-0.3, -0.25) is 0 Å². The second kappa shape index (κ2) is 3.39. The molecule has 3 rings (SSSR count). The Kier molecular flexibility index (Phi) is 2.06. The predicted molar refractivity (Wildman–Crippen MR) is 56.5 cm³/mol. The third-order valence-electron chi connectivity index (χ3n) is 3.28. The zero-order chi connectivity index (χ0) is 9.38. The maximum Gasteiger partial charge on any atom is 0.0850 e. The van der Waals surface area contributed by atoms with Gasteiger partial charge in [0, 0.05) is 6.42 Å². The third kappa shape index (κ3) is 1.69. The van der Waals surface area contributed by atoms with Crippen LogP contribution in [0.4, 0.5) is 0 Å². The van der Waals surface area contributed by atoms with Crippen molar-refractivity contribution in [2.75, 3.05) is 6.61 Å². The van der Waals surface area contributed by atoms with Gasteiger partial charge in [-0.15, -0.1) is 0 Å². The van der Waals surface area contributed by atoms with Crippen LogP contribution < -0.4 is 0 Å². The summed E-state index contributed by atoms with van der Waals surface area (Å²) in [6.07, 6.45) is 6.96. The van der Waals surface area contributed by atoms with Gasteiger partial charge < -0.3 is 4.74 Å². The summed E-state index contributed by atoms with van der Waals surface area (Å²) in [4.78, 5) is 0. The van der Waals surface area contributed by atoms with E-state index >= 15 is 0 Å². The summed E-state index contributed by atoms with van der Waals surface area (Å²) in [5, 5.41) is 0. The summed E-state index contributed by atoms with van der Waals surface area (Å²) in [5.74, 6) is 0. The van der Waals surface area contributed by atoms with E-state index in [0.29, 0.717) is 6.10 Å². The molecule has 1 aliphatic heterocycles. The Morgan fingerprint density at radius 1 is 1.14 bits per heavy atom. The molecular weight excluding hydrogens is 172 g/mol. The van der Waals surface area contributed by atoms with Gasteiger partial charge in [-0.2, -0.15) is 0 Å². The molecule has 0 spiro atoms. The second-order valence-corrected chi connectivity index (χ2v) is 4.47. The summed E-state index contributed by atoms with van der Waals surface area (Å²) in [6, 6.07) is 7.01. The van der Waals surface area contributed by atoms with Gasteiger partial charge in [0.1, 0.15) is 0 Å². The highest BCUT2D eigenvalue weighted by Gasteiger charge is 2.22. The van der Waals surface area contributed by atoms with Crippen molar-refractivity contribution in [3.63, 3.8) is 0 Å². The van der Waals surface area contributed by atoms with Crippen molar-refractivity contribution in [1.82, 2.24) is 0 Å². The Bertz CT molecular complexity index is 339. The van der Waals surface area contributed by atoms with E-state index in [1.54, 1.807) is 11.1 Å². The highest BCUT2D eigenvalue weighted by atomic mass is 16.6. The molecule has 0 bridgehead atoms. The van der Waals surface area contributed by atoms with Crippen molar-refractivity contribution < 1.29 is 4.74 Å². The number of rotatable bonds is 2. The van der Waals surface area contributed by atoms with Crippen molar-refractivity contribution in [3.8, 4) is 0 Å². The molecule has 1 aromatic carbocycles. The van der Waals surface area contributed by atoms with Gasteiger partial charge in [-0.1, -0.05) is 18.2 Å². The van der Waals surface area contributed by atoms with Crippen molar-refractivity contribution in [2.24, 2.45) is 0 Å². The fourth-order valence-electron chi connectivity index (χ4n) is 2.36. The van der Waals surface area contributed by atoms with Gasteiger partial charge in [-0.25, -0.2) is 0 Å². The van der Waals surface area contributed by atoms with Crippen LogP contribution in [-0.2, 0) is 24.0 Å². The average molecular weight is 188 g/mol. The van der Waals surface area contributed by atoms with E-state index in [-0.39, 0.29) is 0 Å². The first-order chi connectivity index (χ1) is 6.92. The normalized spacial score (nSPS) is 24.4. The molecule has 14 heavy (non-hydrogen) atoms. The van der Waals surface area contributed by atoms with Gasteiger partial charge in [0.15, 0.2) is 0 Å². The molecular formula is C13H16O. The van der Waals surface area contributed by atoms with E-state index < -0.39 is 0 Å². The molecule has 0 amide bonds. The van der Waals surface area contributed by atoms with Crippen molar-refractivity contribution >= 4 is 0 Å². The predicted octanol–water partition coefficient (Wildman–Crippen LogP) is 2.51. The monoisotopic (exact) mass is 188 g/mol. The number of hydrogen-bond acceptors (Lipinski definition) is 1. The highest BCUT2D eigenvalue weighted by Crippen LogP contribution is 2.24. The number of fused-ring (bicyclic) bond motifs is 1. The largest absolute Gasteiger partial charge is 0.373 e. The van der Waals surface area contributed by atoms with Gasteiger partial charge >= 0.3 is 0 Å². The van der Waals surface area contributed by atoms with E-state index in [0.717, 1.165) is 13.0 Å². The first kappa shape index (κ1) is 8.49. The van der Waals surface area contributed by atoms with Crippen molar-refractivity contribution in [2.45, 2.75) is 38.2 Å². The average Bonchev–Trinajstić information content (AvgIpc) is 3.02.